The largest absolute Gasteiger partial charge is 0.484 e. The number of ether oxygens (including phenoxy) is 2. The summed E-state index contributed by atoms with van der Waals surface area (Å²) in [6.45, 7) is 2.75. The van der Waals surface area contributed by atoms with Gasteiger partial charge in [0, 0.05) is 18.5 Å². The van der Waals surface area contributed by atoms with E-state index in [1.54, 1.807) is 12.1 Å². The van der Waals surface area contributed by atoms with Crippen molar-refractivity contribution in [1.29, 1.82) is 0 Å². The number of nitrogens with zero attached hydrogens (tertiary/aromatic N) is 2. The van der Waals surface area contributed by atoms with Crippen LogP contribution in [0.4, 0.5) is 5.13 Å². The molecule has 1 aliphatic rings. The van der Waals surface area contributed by atoms with Crippen LogP contribution in [0.1, 0.15) is 18.5 Å². The first kappa shape index (κ1) is 19.3. The van der Waals surface area contributed by atoms with Crippen LogP contribution in [0.15, 0.2) is 35.7 Å². The third-order valence-electron chi connectivity index (χ3n) is 4.11. The van der Waals surface area contributed by atoms with E-state index < -0.39 is 0 Å². The molecular formula is C19H23N3O4S. The van der Waals surface area contributed by atoms with E-state index in [1.165, 1.54) is 16.2 Å². The van der Waals surface area contributed by atoms with Gasteiger partial charge in [-0.05, 0) is 31.9 Å². The van der Waals surface area contributed by atoms with E-state index >= 15 is 0 Å². The average molecular weight is 389 g/mol. The maximum absolute atomic E-state index is 12.6. The number of hydrogen-bond donors (Lipinski definition) is 1. The van der Waals surface area contributed by atoms with Crippen LogP contribution in [0.25, 0.3) is 0 Å². The van der Waals surface area contributed by atoms with Crippen molar-refractivity contribution in [3.05, 3.63) is 41.4 Å². The molecule has 7 nitrogen and oxygen atoms in total. The van der Waals surface area contributed by atoms with Crippen molar-refractivity contribution in [1.82, 2.24) is 9.88 Å². The van der Waals surface area contributed by atoms with Gasteiger partial charge in [0.1, 0.15) is 12.3 Å². The molecule has 1 fully saturated rings. The van der Waals surface area contributed by atoms with Gasteiger partial charge in [-0.2, -0.15) is 0 Å². The topological polar surface area (TPSA) is 80.8 Å². The lowest BCUT2D eigenvalue weighted by atomic mass is 10.2. The number of rotatable bonds is 8. The number of aryl methyl sites for hydroxylation is 1. The summed E-state index contributed by atoms with van der Waals surface area (Å²) in [5, 5.41) is 5.13. The number of carbonyl (C=O) groups is 2. The molecule has 1 aliphatic heterocycles. The first-order valence-corrected chi connectivity index (χ1v) is 9.77. The normalized spacial score (nSPS) is 16.1. The summed E-state index contributed by atoms with van der Waals surface area (Å²) < 4.78 is 11.2. The molecule has 1 N–H and O–H groups in total. The lowest BCUT2D eigenvalue weighted by Crippen LogP contribution is -2.44. The summed E-state index contributed by atoms with van der Waals surface area (Å²) in [7, 11) is 0. The SMILES string of the molecule is Cc1csc(NC(=O)CN(CC2CCCO2)C(=O)COc2ccccc2)n1. The fourth-order valence-corrected chi connectivity index (χ4v) is 3.49. The predicted octanol–water partition coefficient (Wildman–Crippen LogP) is 2.48. The predicted molar refractivity (Wildman–Crippen MR) is 103 cm³/mol. The van der Waals surface area contributed by atoms with Gasteiger partial charge in [-0.3, -0.25) is 9.59 Å². The molecule has 0 aliphatic carbocycles. The summed E-state index contributed by atoms with van der Waals surface area (Å²) >= 11 is 1.36. The molecule has 0 radical (unpaired) electrons. The first-order chi connectivity index (χ1) is 13.1. The summed E-state index contributed by atoms with van der Waals surface area (Å²) in [4.78, 5) is 30.7. The Hall–Kier alpha value is -2.45. The van der Waals surface area contributed by atoms with Crippen molar-refractivity contribution in [2.75, 3.05) is 31.6 Å². The summed E-state index contributed by atoms with van der Waals surface area (Å²) in [5.74, 6) is 0.0841. The second-order valence-corrected chi connectivity index (χ2v) is 7.21. The highest BCUT2D eigenvalue weighted by Crippen LogP contribution is 2.16. The Labute approximate surface area is 162 Å². The molecule has 0 saturated carbocycles. The molecule has 8 heteroatoms. The highest BCUT2D eigenvalue weighted by atomic mass is 32.1. The van der Waals surface area contributed by atoms with Gasteiger partial charge in [-0.1, -0.05) is 18.2 Å². The van der Waals surface area contributed by atoms with E-state index in [-0.39, 0.29) is 31.1 Å². The Bertz CT molecular complexity index is 759. The van der Waals surface area contributed by atoms with E-state index in [0.29, 0.717) is 24.0 Å². The monoisotopic (exact) mass is 389 g/mol. The molecule has 2 heterocycles. The van der Waals surface area contributed by atoms with Crippen LogP contribution in [0.5, 0.6) is 5.75 Å². The third kappa shape index (κ3) is 6.04. The number of amides is 2. The van der Waals surface area contributed by atoms with Gasteiger partial charge in [-0.15, -0.1) is 11.3 Å². The Morgan fingerprint density at radius 3 is 2.85 bits per heavy atom. The summed E-state index contributed by atoms with van der Waals surface area (Å²) in [5.41, 5.74) is 0.846. The van der Waals surface area contributed by atoms with Crippen LogP contribution in [0.3, 0.4) is 0 Å². The van der Waals surface area contributed by atoms with Crippen LogP contribution < -0.4 is 10.1 Å². The summed E-state index contributed by atoms with van der Waals surface area (Å²) in [6, 6.07) is 9.13. The number of thiazole rings is 1. The molecule has 1 unspecified atom stereocenters. The van der Waals surface area contributed by atoms with E-state index in [4.69, 9.17) is 9.47 Å². The molecule has 27 heavy (non-hydrogen) atoms. The number of nitrogens with one attached hydrogen (secondary N) is 1. The second kappa shape index (κ2) is 9.48. The van der Waals surface area contributed by atoms with Crippen LogP contribution in [-0.4, -0.2) is 54.1 Å². The Kier molecular flexibility index (Phi) is 6.78. The van der Waals surface area contributed by atoms with Gasteiger partial charge >= 0.3 is 0 Å². The Morgan fingerprint density at radius 2 is 2.19 bits per heavy atom. The molecule has 144 valence electrons. The van der Waals surface area contributed by atoms with Crippen molar-refractivity contribution in [2.24, 2.45) is 0 Å². The van der Waals surface area contributed by atoms with Crippen molar-refractivity contribution < 1.29 is 19.1 Å². The fourth-order valence-electron chi connectivity index (χ4n) is 2.79. The fraction of sp³-hybridized carbons (Fsp3) is 0.421. The molecule has 2 aromatic rings. The first-order valence-electron chi connectivity index (χ1n) is 8.89. The minimum absolute atomic E-state index is 0.0411. The van der Waals surface area contributed by atoms with Gasteiger partial charge in [0.2, 0.25) is 5.91 Å². The molecule has 1 aromatic heterocycles. The number of aromatic nitrogens is 1. The molecule has 1 saturated heterocycles. The number of carbonyl (C=O) groups excluding carboxylic acids is 2. The van der Waals surface area contributed by atoms with Crippen molar-refractivity contribution in [3.8, 4) is 5.75 Å². The minimum atomic E-state index is -0.282. The maximum Gasteiger partial charge on any atom is 0.261 e. The van der Waals surface area contributed by atoms with Crippen LogP contribution in [-0.2, 0) is 14.3 Å². The lowest BCUT2D eigenvalue weighted by molar-refractivity contribution is -0.138. The molecule has 3 rings (SSSR count). The zero-order chi connectivity index (χ0) is 19.1. The van der Waals surface area contributed by atoms with E-state index in [0.717, 1.165) is 18.5 Å². The molecule has 1 atom stereocenters. The van der Waals surface area contributed by atoms with Gasteiger partial charge in [0.15, 0.2) is 11.7 Å². The summed E-state index contributed by atoms with van der Waals surface area (Å²) in [6.07, 6.45) is 1.81. The zero-order valence-corrected chi connectivity index (χ0v) is 16.0. The zero-order valence-electron chi connectivity index (χ0n) is 15.2. The van der Waals surface area contributed by atoms with Gasteiger partial charge in [0.25, 0.3) is 5.91 Å². The van der Waals surface area contributed by atoms with E-state index in [2.05, 4.69) is 10.3 Å². The van der Waals surface area contributed by atoms with Gasteiger partial charge in [-0.25, -0.2) is 4.98 Å². The molecule has 2 amide bonds. The average Bonchev–Trinajstić information content (AvgIpc) is 3.31. The smallest absolute Gasteiger partial charge is 0.261 e. The Morgan fingerprint density at radius 1 is 1.37 bits per heavy atom. The van der Waals surface area contributed by atoms with E-state index in [1.807, 2.05) is 30.5 Å². The van der Waals surface area contributed by atoms with Gasteiger partial charge < -0.3 is 19.7 Å². The van der Waals surface area contributed by atoms with Crippen molar-refractivity contribution in [3.63, 3.8) is 0 Å². The standard InChI is InChI=1S/C19H23N3O4S/c1-14-13-27-19(20-14)21-17(23)11-22(10-16-8-5-9-25-16)18(24)12-26-15-6-3-2-4-7-15/h2-4,6-7,13,16H,5,8-12H2,1H3,(H,20,21,23). The second-order valence-electron chi connectivity index (χ2n) is 6.35. The number of para-hydroxylation sites is 1. The minimum Gasteiger partial charge on any atom is -0.484 e. The molecular weight excluding hydrogens is 366 g/mol. The molecule has 0 spiro atoms. The van der Waals surface area contributed by atoms with Crippen LogP contribution in [0, 0.1) is 6.92 Å². The maximum atomic E-state index is 12.6. The number of hydrogen-bond acceptors (Lipinski definition) is 6. The molecule has 0 bridgehead atoms. The van der Waals surface area contributed by atoms with Crippen LogP contribution >= 0.6 is 11.3 Å². The quantitative estimate of drug-likeness (QED) is 0.750. The van der Waals surface area contributed by atoms with Crippen molar-refractivity contribution in [2.45, 2.75) is 25.9 Å². The Balaban J connectivity index is 1.58. The highest BCUT2D eigenvalue weighted by Gasteiger charge is 2.25. The number of benzene rings is 1. The number of anilines is 1. The lowest BCUT2D eigenvalue weighted by Gasteiger charge is -2.24. The van der Waals surface area contributed by atoms with Crippen molar-refractivity contribution >= 4 is 28.3 Å². The van der Waals surface area contributed by atoms with E-state index in [9.17, 15) is 9.59 Å². The highest BCUT2D eigenvalue weighted by molar-refractivity contribution is 7.13. The third-order valence-corrected chi connectivity index (χ3v) is 4.98. The van der Waals surface area contributed by atoms with Crippen LogP contribution in [0.2, 0.25) is 0 Å². The molecule has 1 aromatic carbocycles. The van der Waals surface area contributed by atoms with Gasteiger partial charge in [0.05, 0.1) is 11.8 Å².